The summed E-state index contributed by atoms with van der Waals surface area (Å²) in [4.78, 5) is 8.18. The number of phenols is 1. The van der Waals surface area contributed by atoms with E-state index in [0.29, 0.717) is 17.3 Å². The molecule has 6 nitrogen and oxygen atoms in total. The Balaban J connectivity index is 1.99. The van der Waals surface area contributed by atoms with Gasteiger partial charge in [-0.1, -0.05) is 5.16 Å². The number of aromatic nitrogens is 3. The van der Waals surface area contributed by atoms with Gasteiger partial charge in [-0.05, 0) is 31.2 Å². The Kier molecular flexibility index (Phi) is 2.33. The minimum atomic E-state index is 0.188. The van der Waals surface area contributed by atoms with Crippen LogP contribution in [0.15, 0.2) is 39.6 Å². The van der Waals surface area contributed by atoms with E-state index in [4.69, 9.17) is 8.94 Å². The number of aromatic hydroxyl groups is 1. The minimum Gasteiger partial charge on any atom is -0.508 e. The second-order valence-corrected chi connectivity index (χ2v) is 3.74. The molecule has 6 heteroatoms. The highest BCUT2D eigenvalue weighted by molar-refractivity contribution is 5.58. The van der Waals surface area contributed by atoms with Gasteiger partial charge in [0.25, 0.3) is 5.89 Å². The zero-order valence-electron chi connectivity index (χ0n) is 9.49. The van der Waals surface area contributed by atoms with Crippen LogP contribution in [0.5, 0.6) is 5.75 Å². The number of rotatable bonds is 2. The highest BCUT2D eigenvalue weighted by Gasteiger charge is 2.16. The predicted molar refractivity (Wildman–Crippen MR) is 61.6 cm³/mol. The van der Waals surface area contributed by atoms with E-state index < -0.39 is 0 Å². The topological polar surface area (TPSA) is 85.2 Å². The van der Waals surface area contributed by atoms with Gasteiger partial charge in [0.2, 0.25) is 11.6 Å². The number of phenolic OH excluding ortho intramolecular Hbond substituents is 1. The van der Waals surface area contributed by atoms with Gasteiger partial charge >= 0.3 is 0 Å². The molecule has 18 heavy (non-hydrogen) atoms. The van der Waals surface area contributed by atoms with Crippen LogP contribution in [-0.2, 0) is 0 Å². The van der Waals surface area contributed by atoms with Crippen molar-refractivity contribution in [3.05, 3.63) is 36.4 Å². The van der Waals surface area contributed by atoms with Gasteiger partial charge < -0.3 is 14.0 Å². The highest BCUT2D eigenvalue weighted by atomic mass is 16.5. The Morgan fingerprint density at radius 3 is 2.61 bits per heavy atom. The number of hydrogen-bond donors (Lipinski definition) is 1. The molecule has 0 atom stereocenters. The van der Waals surface area contributed by atoms with Crippen molar-refractivity contribution < 1.29 is 14.0 Å². The normalized spacial score (nSPS) is 10.7. The van der Waals surface area contributed by atoms with Gasteiger partial charge in [0.05, 0.1) is 5.69 Å². The van der Waals surface area contributed by atoms with E-state index >= 15 is 0 Å². The second kappa shape index (κ2) is 3.99. The van der Waals surface area contributed by atoms with Gasteiger partial charge in [0.1, 0.15) is 5.75 Å². The smallest absolute Gasteiger partial charge is 0.295 e. The third kappa shape index (κ3) is 1.73. The van der Waals surface area contributed by atoms with Crippen molar-refractivity contribution >= 4 is 0 Å². The molecule has 0 unspecified atom stereocenters. The number of hydrogen-bond acceptors (Lipinski definition) is 6. The van der Waals surface area contributed by atoms with Crippen LogP contribution in [0.1, 0.15) is 5.69 Å². The van der Waals surface area contributed by atoms with Crippen molar-refractivity contribution in [2.75, 3.05) is 0 Å². The van der Waals surface area contributed by atoms with Crippen LogP contribution >= 0.6 is 0 Å². The van der Waals surface area contributed by atoms with Crippen molar-refractivity contribution in [1.82, 2.24) is 15.1 Å². The molecule has 1 aromatic carbocycles. The predicted octanol–water partition coefficient (Wildman–Crippen LogP) is 2.41. The van der Waals surface area contributed by atoms with Gasteiger partial charge in [0.15, 0.2) is 6.39 Å². The molecule has 1 N–H and O–H groups in total. The molecule has 0 saturated heterocycles. The Labute approximate surface area is 102 Å². The zero-order chi connectivity index (χ0) is 12.5. The van der Waals surface area contributed by atoms with Crippen LogP contribution in [0.25, 0.3) is 23.0 Å². The highest BCUT2D eigenvalue weighted by Crippen LogP contribution is 2.24. The maximum Gasteiger partial charge on any atom is 0.295 e. The Hall–Kier alpha value is -2.63. The van der Waals surface area contributed by atoms with Gasteiger partial charge in [-0.25, -0.2) is 4.98 Å². The van der Waals surface area contributed by atoms with Gasteiger partial charge in [0, 0.05) is 5.56 Å². The molecule has 0 amide bonds. The van der Waals surface area contributed by atoms with Crippen LogP contribution in [0.2, 0.25) is 0 Å². The number of oxazole rings is 1. The lowest BCUT2D eigenvalue weighted by atomic mass is 10.2. The number of nitrogens with zero attached hydrogens (tertiary/aromatic N) is 3. The van der Waals surface area contributed by atoms with Gasteiger partial charge in [-0.2, -0.15) is 4.98 Å². The number of benzene rings is 1. The molecule has 0 aliphatic rings. The molecule has 3 rings (SSSR count). The molecule has 90 valence electrons. The fraction of sp³-hybridized carbons (Fsp3) is 0.0833. The molecule has 3 aromatic rings. The summed E-state index contributed by atoms with van der Waals surface area (Å²) in [7, 11) is 0. The average Bonchev–Trinajstić information content (AvgIpc) is 2.98. The first-order valence-corrected chi connectivity index (χ1v) is 5.27. The van der Waals surface area contributed by atoms with Gasteiger partial charge in [-0.15, -0.1) is 0 Å². The SMILES string of the molecule is Cc1ncoc1-c1nc(-c2ccc(O)cc2)no1. The standard InChI is InChI=1S/C12H9N3O3/c1-7-10(17-6-13-7)12-14-11(15-18-12)8-2-4-9(16)5-3-8/h2-6,16H,1H3. The van der Waals surface area contributed by atoms with E-state index in [1.165, 1.54) is 6.39 Å². The van der Waals surface area contributed by atoms with Crippen molar-refractivity contribution in [1.29, 1.82) is 0 Å². The molecule has 0 aliphatic carbocycles. The summed E-state index contributed by atoms with van der Waals surface area (Å²) in [5, 5.41) is 13.1. The van der Waals surface area contributed by atoms with Crippen molar-refractivity contribution in [3.63, 3.8) is 0 Å². The first kappa shape index (κ1) is 10.5. The van der Waals surface area contributed by atoms with Crippen molar-refractivity contribution in [2.24, 2.45) is 0 Å². The maximum absolute atomic E-state index is 9.21. The molecule has 2 aromatic heterocycles. The summed E-state index contributed by atoms with van der Waals surface area (Å²) in [5.74, 6) is 1.37. The van der Waals surface area contributed by atoms with E-state index in [9.17, 15) is 5.11 Å². The Morgan fingerprint density at radius 1 is 1.17 bits per heavy atom. The van der Waals surface area contributed by atoms with Crippen LogP contribution < -0.4 is 0 Å². The quantitative estimate of drug-likeness (QED) is 0.743. The first-order chi connectivity index (χ1) is 8.74. The summed E-state index contributed by atoms with van der Waals surface area (Å²) in [6.07, 6.45) is 1.33. The van der Waals surface area contributed by atoms with E-state index in [0.717, 1.165) is 5.56 Å². The molecule has 0 aliphatic heterocycles. The molecule has 0 saturated carbocycles. The summed E-state index contributed by atoms with van der Waals surface area (Å²) >= 11 is 0. The number of aryl methyl sites for hydroxylation is 1. The largest absolute Gasteiger partial charge is 0.508 e. The van der Waals surface area contributed by atoms with E-state index in [-0.39, 0.29) is 11.6 Å². The molecule has 0 spiro atoms. The Morgan fingerprint density at radius 2 is 1.94 bits per heavy atom. The lowest BCUT2D eigenvalue weighted by Crippen LogP contribution is -1.81. The van der Waals surface area contributed by atoms with Crippen LogP contribution in [0.4, 0.5) is 0 Å². The van der Waals surface area contributed by atoms with Crippen molar-refractivity contribution in [3.8, 4) is 28.8 Å². The van der Waals surface area contributed by atoms with Crippen LogP contribution in [0, 0.1) is 6.92 Å². The molecule has 2 heterocycles. The third-order valence-electron chi connectivity index (χ3n) is 2.49. The lowest BCUT2D eigenvalue weighted by molar-refractivity contribution is 0.416. The monoisotopic (exact) mass is 243 g/mol. The molecule has 0 fully saturated rings. The minimum absolute atomic E-state index is 0.188. The fourth-order valence-electron chi connectivity index (χ4n) is 1.55. The van der Waals surface area contributed by atoms with E-state index in [1.54, 1.807) is 31.2 Å². The first-order valence-electron chi connectivity index (χ1n) is 5.27. The molecular formula is C12H9N3O3. The fourth-order valence-corrected chi connectivity index (χ4v) is 1.55. The maximum atomic E-state index is 9.21. The average molecular weight is 243 g/mol. The zero-order valence-corrected chi connectivity index (χ0v) is 9.49. The lowest BCUT2D eigenvalue weighted by Gasteiger charge is -1.93. The van der Waals surface area contributed by atoms with E-state index in [1.807, 2.05) is 0 Å². The Bertz CT molecular complexity index is 670. The third-order valence-corrected chi connectivity index (χ3v) is 2.49. The molecular weight excluding hydrogens is 234 g/mol. The van der Waals surface area contributed by atoms with Crippen LogP contribution in [0.3, 0.4) is 0 Å². The van der Waals surface area contributed by atoms with E-state index in [2.05, 4.69) is 15.1 Å². The summed E-state index contributed by atoms with van der Waals surface area (Å²) in [6.45, 7) is 1.79. The summed E-state index contributed by atoms with van der Waals surface area (Å²) in [5.41, 5.74) is 1.44. The summed E-state index contributed by atoms with van der Waals surface area (Å²) in [6, 6.07) is 6.53. The second-order valence-electron chi connectivity index (χ2n) is 3.74. The van der Waals surface area contributed by atoms with Gasteiger partial charge in [-0.3, -0.25) is 0 Å². The van der Waals surface area contributed by atoms with Crippen molar-refractivity contribution in [2.45, 2.75) is 6.92 Å². The van der Waals surface area contributed by atoms with Crippen LogP contribution in [-0.4, -0.2) is 20.2 Å². The molecule has 0 bridgehead atoms. The molecule has 0 radical (unpaired) electrons. The summed E-state index contributed by atoms with van der Waals surface area (Å²) < 4.78 is 10.3.